The lowest BCUT2D eigenvalue weighted by Gasteiger charge is -2.13. The van der Waals surface area contributed by atoms with Crippen LogP contribution in [0.2, 0.25) is 0 Å². The van der Waals surface area contributed by atoms with Crippen LogP contribution < -0.4 is 5.59 Å². The number of aromatic nitrogens is 1. The molecule has 0 unspecified atom stereocenters. The summed E-state index contributed by atoms with van der Waals surface area (Å²) < 4.78 is 37.0. The van der Waals surface area contributed by atoms with Gasteiger partial charge in [-0.2, -0.15) is 13.2 Å². The van der Waals surface area contributed by atoms with E-state index in [0.29, 0.717) is 5.69 Å². The Bertz CT molecular complexity index is 311. The molecule has 5 heteroatoms. The van der Waals surface area contributed by atoms with Gasteiger partial charge in [-0.25, -0.2) is 0 Å². The Balaban J connectivity index is 0.000000921. The van der Waals surface area contributed by atoms with E-state index in [1.165, 1.54) is 13.0 Å². The van der Waals surface area contributed by atoms with Crippen LogP contribution in [0.3, 0.4) is 0 Å². The average Bonchev–Trinajstić information content (AvgIpc) is 2.02. The fourth-order valence-electron chi connectivity index (χ4n) is 1.23. The summed E-state index contributed by atoms with van der Waals surface area (Å²) in [6.07, 6.45) is -4.42. The minimum atomic E-state index is -4.42. The highest BCUT2D eigenvalue weighted by Gasteiger charge is 2.34. The Morgan fingerprint density at radius 1 is 1.20 bits per heavy atom. The zero-order chi connectivity index (χ0) is 12.2. The fraction of sp³-hybridized carbons (Fsp3) is 0.500. The lowest BCUT2D eigenvalue weighted by atomic mass is 9.93. The van der Waals surface area contributed by atoms with Crippen LogP contribution in [0.1, 0.15) is 30.7 Å². The molecule has 0 aliphatic rings. The molecule has 0 saturated carbocycles. The molecule has 1 aromatic heterocycles. The molecule has 82 valence electrons. The van der Waals surface area contributed by atoms with Crippen LogP contribution in [-0.2, 0) is 6.18 Å². The van der Waals surface area contributed by atoms with E-state index in [1.54, 1.807) is 6.92 Å². The molecule has 1 heterocycles. The van der Waals surface area contributed by atoms with Gasteiger partial charge >= 0.3 is 6.18 Å². The van der Waals surface area contributed by atoms with E-state index in [4.69, 9.17) is 7.85 Å². The first-order valence-electron chi connectivity index (χ1n) is 4.63. The van der Waals surface area contributed by atoms with E-state index >= 15 is 0 Å². The van der Waals surface area contributed by atoms with Crippen molar-refractivity contribution in [1.82, 2.24) is 4.98 Å². The molecular formula is C10H13BF3N. The molecule has 0 saturated heterocycles. The van der Waals surface area contributed by atoms with E-state index in [2.05, 4.69) is 4.98 Å². The SMILES string of the molecule is CC.[B]c1nc(C)cc(C)c1C(F)(F)F. The molecule has 0 aliphatic heterocycles. The first-order valence-corrected chi connectivity index (χ1v) is 4.63. The summed E-state index contributed by atoms with van der Waals surface area (Å²) in [5.74, 6) is 0. The summed E-state index contributed by atoms with van der Waals surface area (Å²) in [4.78, 5) is 3.56. The molecule has 0 fully saturated rings. The van der Waals surface area contributed by atoms with Crippen molar-refractivity contribution < 1.29 is 13.2 Å². The third kappa shape index (κ3) is 3.57. The summed E-state index contributed by atoms with van der Waals surface area (Å²) in [6.45, 7) is 6.97. The van der Waals surface area contributed by atoms with E-state index in [1.807, 2.05) is 13.8 Å². The quantitative estimate of drug-likeness (QED) is 0.606. The van der Waals surface area contributed by atoms with E-state index in [-0.39, 0.29) is 5.56 Å². The molecule has 0 spiro atoms. The van der Waals surface area contributed by atoms with Crippen molar-refractivity contribution in [2.24, 2.45) is 0 Å². The Hall–Kier alpha value is -0.995. The molecule has 2 radical (unpaired) electrons. The number of pyridine rings is 1. The zero-order valence-corrected chi connectivity index (χ0v) is 9.24. The van der Waals surface area contributed by atoms with Gasteiger partial charge in [-0.1, -0.05) is 13.8 Å². The van der Waals surface area contributed by atoms with Gasteiger partial charge in [0.1, 0.15) is 7.85 Å². The number of nitrogens with zero attached hydrogens (tertiary/aromatic N) is 1. The number of halogens is 3. The van der Waals surface area contributed by atoms with Gasteiger partial charge in [-0.3, -0.25) is 4.98 Å². The number of rotatable bonds is 0. The van der Waals surface area contributed by atoms with Crippen LogP contribution in [0.4, 0.5) is 13.2 Å². The summed E-state index contributed by atoms with van der Waals surface area (Å²) in [5, 5.41) is 0. The van der Waals surface area contributed by atoms with Crippen LogP contribution in [0, 0.1) is 13.8 Å². The lowest BCUT2D eigenvalue weighted by Crippen LogP contribution is -2.25. The Labute approximate surface area is 89.1 Å². The molecule has 0 N–H and O–H groups in total. The molecule has 0 bridgehead atoms. The largest absolute Gasteiger partial charge is 0.417 e. The van der Waals surface area contributed by atoms with Crippen molar-refractivity contribution in [3.63, 3.8) is 0 Å². The molecule has 1 nitrogen and oxygen atoms in total. The van der Waals surface area contributed by atoms with Crippen LogP contribution in [0.25, 0.3) is 0 Å². The molecule has 15 heavy (non-hydrogen) atoms. The maximum Gasteiger partial charge on any atom is 0.417 e. The van der Waals surface area contributed by atoms with E-state index in [9.17, 15) is 13.2 Å². The summed E-state index contributed by atoms with van der Waals surface area (Å²) in [7, 11) is 5.18. The summed E-state index contributed by atoms with van der Waals surface area (Å²) in [6, 6.07) is 1.36. The van der Waals surface area contributed by atoms with Crippen molar-refractivity contribution in [1.29, 1.82) is 0 Å². The molecular weight excluding hydrogens is 202 g/mol. The second-order valence-electron chi connectivity index (χ2n) is 2.84. The molecule has 0 amide bonds. The van der Waals surface area contributed by atoms with Gasteiger partial charge in [0.05, 0.1) is 5.56 Å². The standard InChI is InChI=1S/C8H7BF3N.C2H6/c1-4-3-5(2)13-7(9)6(4)8(10,11)12;1-2/h3H,1-2H3;1-2H3. The topological polar surface area (TPSA) is 12.9 Å². The maximum absolute atomic E-state index is 12.3. The van der Waals surface area contributed by atoms with Gasteiger partial charge in [-0.05, 0) is 25.5 Å². The summed E-state index contributed by atoms with van der Waals surface area (Å²) in [5.41, 5.74) is -0.691. The van der Waals surface area contributed by atoms with Gasteiger partial charge in [0.25, 0.3) is 0 Å². The van der Waals surface area contributed by atoms with E-state index < -0.39 is 17.3 Å². The second-order valence-corrected chi connectivity index (χ2v) is 2.84. The Morgan fingerprint density at radius 3 is 2.00 bits per heavy atom. The lowest BCUT2D eigenvalue weighted by molar-refractivity contribution is -0.137. The van der Waals surface area contributed by atoms with Crippen LogP contribution >= 0.6 is 0 Å². The van der Waals surface area contributed by atoms with Gasteiger partial charge < -0.3 is 0 Å². The van der Waals surface area contributed by atoms with Crippen LogP contribution in [0.15, 0.2) is 6.07 Å². The normalized spacial score (nSPS) is 10.6. The number of hydrogen-bond donors (Lipinski definition) is 0. The smallest absolute Gasteiger partial charge is 0.269 e. The molecule has 1 rings (SSSR count). The van der Waals surface area contributed by atoms with Crippen LogP contribution in [-0.4, -0.2) is 12.8 Å². The van der Waals surface area contributed by atoms with Crippen molar-refractivity contribution in [2.75, 3.05) is 0 Å². The Kier molecular flexibility index (Phi) is 4.84. The van der Waals surface area contributed by atoms with Crippen molar-refractivity contribution in [2.45, 2.75) is 33.9 Å². The molecule has 0 atom stereocenters. The molecule has 0 aromatic carbocycles. The van der Waals surface area contributed by atoms with Crippen molar-refractivity contribution >= 4 is 13.4 Å². The minimum Gasteiger partial charge on any atom is -0.269 e. The van der Waals surface area contributed by atoms with Gasteiger partial charge in [-0.15, -0.1) is 0 Å². The number of aryl methyl sites for hydroxylation is 2. The molecule has 0 aliphatic carbocycles. The zero-order valence-electron chi connectivity index (χ0n) is 9.24. The first-order chi connectivity index (χ1) is 6.82. The average molecular weight is 215 g/mol. The third-order valence-corrected chi connectivity index (χ3v) is 1.66. The van der Waals surface area contributed by atoms with Crippen molar-refractivity contribution in [3.8, 4) is 0 Å². The highest BCUT2D eigenvalue weighted by molar-refractivity contribution is 6.31. The van der Waals surface area contributed by atoms with Gasteiger partial charge in [0, 0.05) is 11.3 Å². The Morgan fingerprint density at radius 2 is 1.67 bits per heavy atom. The summed E-state index contributed by atoms with van der Waals surface area (Å²) >= 11 is 0. The fourth-order valence-corrected chi connectivity index (χ4v) is 1.23. The molecule has 1 aromatic rings. The third-order valence-electron chi connectivity index (χ3n) is 1.66. The predicted molar refractivity (Wildman–Crippen MR) is 55.4 cm³/mol. The monoisotopic (exact) mass is 215 g/mol. The second kappa shape index (κ2) is 5.19. The van der Waals surface area contributed by atoms with Gasteiger partial charge in [0.15, 0.2) is 0 Å². The van der Waals surface area contributed by atoms with Crippen molar-refractivity contribution in [3.05, 3.63) is 22.9 Å². The van der Waals surface area contributed by atoms with Gasteiger partial charge in [0.2, 0.25) is 0 Å². The first kappa shape index (κ1) is 14.0. The highest BCUT2D eigenvalue weighted by atomic mass is 19.4. The predicted octanol–water partition coefficient (Wildman–Crippen LogP) is 2.54. The highest BCUT2D eigenvalue weighted by Crippen LogP contribution is 2.29. The number of alkyl halides is 3. The van der Waals surface area contributed by atoms with E-state index in [0.717, 1.165) is 0 Å². The minimum absolute atomic E-state index is 0.109. The maximum atomic E-state index is 12.3. The van der Waals surface area contributed by atoms with Crippen LogP contribution in [0.5, 0.6) is 0 Å². The number of hydrogen-bond acceptors (Lipinski definition) is 1.